The summed E-state index contributed by atoms with van der Waals surface area (Å²) in [5.74, 6) is 2.48. The van der Waals surface area contributed by atoms with Crippen LogP contribution in [0.2, 0.25) is 0 Å². The third-order valence-corrected chi connectivity index (χ3v) is 5.19. The lowest BCUT2D eigenvalue weighted by Crippen LogP contribution is -2.45. The largest absolute Gasteiger partial charge is 0.454 e. The number of hydrogen-bond donors (Lipinski definition) is 1. The molecule has 5 rings (SSSR count). The number of fused-ring (bicyclic) bond motifs is 5. The van der Waals surface area contributed by atoms with Crippen molar-refractivity contribution in [1.29, 1.82) is 0 Å². The molecule has 0 amide bonds. The Hall–Kier alpha value is -2.27. The van der Waals surface area contributed by atoms with Crippen LogP contribution >= 0.6 is 0 Å². The summed E-state index contributed by atoms with van der Waals surface area (Å²) in [6.45, 7) is 3.05. The van der Waals surface area contributed by atoms with Gasteiger partial charge in [-0.05, 0) is 48.7 Å². The molecule has 1 aromatic carbocycles. The average molecular weight is 310 g/mol. The number of rotatable bonds is 1. The lowest BCUT2D eigenvalue weighted by molar-refractivity contribution is 0.174. The van der Waals surface area contributed by atoms with E-state index in [0.29, 0.717) is 17.6 Å². The number of aromatic nitrogens is 1. The molecule has 5 nitrogen and oxygen atoms in total. The van der Waals surface area contributed by atoms with E-state index in [-0.39, 0.29) is 12.4 Å². The van der Waals surface area contributed by atoms with E-state index in [1.807, 2.05) is 28.8 Å². The van der Waals surface area contributed by atoms with Crippen LogP contribution in [0.5, 0.6) is 11.5 Å². The van der Waals surface area contributed by atoms with E-state index in [2.05, 4.69) is 11.4 Å². The zero-order valence-electron chi connectivity index (χ0n) is 12.7. The van der Waals surface area contributed by atoms with E-state index in [1.165, 1.54) is 12.1 Å². The number of piperidine rings is 1. The van der Waals surface area contributed by atoms with Gasteiger partial charge >= 0.3 is 0 Å². The molecule has 118 valence electrons. The molecule has 2 atom stereocenters. The van der Waals surface area contributed by atoms with Crippen molar-refractivity contribution in [2.24, 2.45) is 5.92 Å². The van der Waals surface area contributed by atoms with Gasteiger partial charge in [0.1, 0.15) is 0 Å². The first-order valence-electron chi connectivity index (χ1n) is 8.14. The second kappa shape index (κ2) is 4.86. The molecular weight excluding hydrogens is 292 g/mol. The number of benzene rings is 1. The van der Waals surface area contributed by atoms with Gasteiger partial charge in [-0.25, -0.2) is 0 Å². The predicted molar refractivity (Wildman–Crippen MR) is 86.0 cm³/mol. The van der Waals surface area contributed by atoms with Crippen LogP contribution in [0.1, 0.15) is 18.0 Å². The van der Waals surface area contributed by atoms with Gasteiger partial charge < -0.3 is 19.4 Å². The quantitative estimate of drug-likeness (QED) is 0.875. The Morgan fingerprint density at radius 3 is 2.96 bits per heavy atom. The Bertz CT molecular complexity index is 843. The smallest absolute Gasteiger partial charge is 0.258 e. The summed E-state index contributed by atoms with van der Waals surface area (Å²) in [7, 11) is 0. The van der Waals surface area contributed by atoms with E-state index in [1.54, 1.807) is 0 Å². The van der Waals surface area contributed by atoms with Crippen LogP contribution in [0.4, 0.5) is 0 Å². The van der Waals surface area contributed by atoms with Crippen LogP contribution in [-0.4, -0.2) is 24.4 Å². The molecule has 4 heterocycles. The number of nitrogens with one attached hydrogen (secondary N) is 1. The molecule has 1 saturated heterocycles. The van der Waals surface area contributed by atoms with Crippen molar-refractivity contribution in [2.75, 3.05) is 19.9 Å². The maximum absolute atomic E-state index is 13.0. The third kappa shape index (κ3) is 2.00. The molecule has 1 aromatic heterocycles. The van der Waals surface area contributed by atoms with Crippen LogP contribution < -0.4 is 20.3 Å². The molecule has 0 radical (unpaired) electrons. The maximum Gasteiger partial charge on any atom is 0.258 e. The Balaban J connectivity index is 1.63. The Morgan fingerprint density at radius 1 is 1.09 bits per heavy atom. The van der Waals surface area contributed by atoms with Gasteiger partial charge in [0.2, 0.25) is 6.79 Å². The van der Waals surface area contributed by atoms with Crippen LogP contribution in [0, 0.1) is 5.92 Å². The molecule has 1 N–H and O–H groups in total. The minimum Gasteiger partial charge on any atom is -0.454 e. The summed E-state index contributed by atoms with van der Waals surface area (Å²) >= 11 is 0. The molecule has 5 heteroatoms. The molecule has 3 aliphatic rings. The molecule has 2 aromatic rings. The molecule has 0 saturated carbocycles. The van der Waals surface area contributed by atoms with Crippen molar-refractivity contribution in [3.8, 4) is 22.6 Å². The molecule has 0 aliphatic carbocycles. The Labute approximate surface area is 133 Å². The summed E-state index contributed by atoms with van der Waals surface area (Å²) < 4.78 is 12.8. The highest BCUT2D eigenvalue weighted by Crippen LogP contribution is 2.36. The van der Waals surface area contributed by atoms with Gasteiger partial charge in [-0.1, -0.05) is 6.07 Å². The normalized spacial score (nSPS) is 24.3. The highest BCUT2D eigenvalue weighted by Gasteiger charge is 2.31. The number of hydrogen-bond acceptors (Lipinski definition) is 4. The third-order valence-electron chi connectivity index (χ3n) is 5.19. The van der Waals surface area contributed by atoms with Crippen molar-refractivity contribution in [2.45, 2.75) is 18.9 Å². The topological polar surface area (TPSA) is 52.5 Å². The van der Waals surface area contributed by atoms with Gasteiger partial charge in [0.15, 0.2) is 11.5 Å². The zero-order valence-corrected chi connectivity index (χ0v) is 12.7. The monoisotopic (exact) mass is 310 g/mol. The summed E-state index contributed by atoms with van der Waals surface area (Å²) in [5, 5.41) is 3.48. The van der Waals surface area contributed by atoms with Crippen molar-refractivity contribution < 1.29 is 9.47 Å². The SMILES string of the molecule is O=c1c(-c2ccc3c(c2)OCO3)ccc2n1C[C@@H]1CNC[C@H]2C1. The molecule has 23 heavy (non-hydrogen) atoms. The summed E-state index contributed by atoms with van der Waals surface area (Å²) in [5.41, 5.74) is 2.91. The summed E-state index contributed by atoms with van der Waals surface area (Å²) in [4.78, 5) is 13.0. The highest BCUT2D eigenvalue weighted by atomic mass is 16.7. The van der Waals surface area contributed by atoms with Gasteiger partial charge in [-0.3, -0.25) is 4.79 Å². The van der Waals surface area contributed by atoms with Crippen LogP contribution in [-0.2, 0) is 6.54 Å². The minimum absolute atomic E-state index is 0.109. The first-order chi connectivity index (χ1) is 11.3. The standard InChI is InChI=1S/C18H18N2O3/c21-18-14(12-1-4-16-17(6-12)23-10-22-16)2-3-15-13-5-11(7-19-8-13)9-20(15)18/h1-4,6,11,13,19H,5,7-10H2/t11-,13+/m0/s1. The first kappa shape index (κ1) is 13.2. The van der Waals surface area contributed by atoms with E-state index >= 15 is 0 Å². The lowest BCUT2D eigenvalue weighted by atomic mass is 9.84. The molecule has 3 aliphatic heterocycles. The van der Waals surface area contributed by atoms with E-state index in [4.69, 9.17) is 9.47 Å². The Morgan fingerprint density at radius 2 is 2.00 bits per heavy atom. The second-order valence-electron chi connectivity index (χ2n) is 6.61. The highest BCUT2D eigenvalue weighted by molar-refractivity contribution is 5.67. The predicted octanol–water partition coefficient (Wildman–Crippen LogP) is 1.95. The van der Waals surface area contributed by atoms with E-state index in [0.717, 1.165) is 36.5 Å². The fourth-order valence-corrected chi connectivity index (χ4v) is 4.07. The second-order valence-corrected chi connectivity index (χ2v) is 6.61. The molecule has 0 unspecified atom stereocenters. The van der Waals surface area contributed by atoms with Gasteiger partial charge in [0, 0.05) is 30.3 Å². The van der Waals surface area contributed by atoms with Gasteiger partial charge in [0.05, 0.1) is 0 Å². The summed E-state index contributed by atoms with van der Waals surface area (Å²) in [6, 6.07) is 9.79. The average Bonchev–Trinajstić information content (AvgIpc) is 3.04. The van der Waals surface area contributed by atoms with Gasteiger partial charge in [0.25, 0.3) is 5.56 Å². The van der Waals surface area contributed by atoms with Crippen LogP contribution in [0.3, 0.4) is 0 Å². The number of ether oxygens (including phenoxy) is 2. The number of pyridine rings is 1. The maximum atomic E-state index is 13.0. The van der Waals surface area contributed by atoms with Crippen molar-refractivity contribution in [3.05, 3.63) is 46.4 Å². The number of nitrogens with zero attached hydrogens (tertiary/aromatic N) is 1. The van der Waals surface area contributed by atoms with Crippen LogP contribution in [0.25, 0.3) is 11.1 Å². The fraction of sp³-hybridized carbons (Fsp3) is 0.389. The first-order valence-corrected chi connectivity index (χ1v) is 8.14. The zero-order chi connectivity index (χ0) is 15.4. The minimum atomic E-state index is 0.109. The van der Waals surface area contributed by atoms with Gasteiger partial charge in [-0.2, -0.15) is 0 Å². The lowest BCUT2D eigenvalue weighted by Gasteiger charge is -2.37. The Kier molecular flexibility index (Phi) is 2.79. The van der Waals surface area contributed by atoms with Crippen molar-refractivity contribution in [3.63, 3.8) is 0 Å². The molecular formula is C18H18N2O3. The fourth-order valence-electron chi connectivity index (χ4n) is 4.07. The van der Waals surface area contributed by atoms with Crippen molar-refractivity contribution in [1.82, 2.24) is 9.88 Å². The van der Waals surface area contributed by atoms with Crippen molar-refractivity contribution >= 4 is 0 Å². The van der Waals surface area contributed by atoms with Gasteiger partial charge in [-0.15, -0.1) is 0 Å². The van der Waals surface area contributed by atoms with E-state index in [9.17, 15) is 4.79 Å². The molecule has 0 spiro atoms. The molecule has 1 fully saturated rings. The van der Waals surface area contributed by atoms with E-state index < -0.39 is 0 Å². The molecule has 2 bridgehead atoms. The summed E-state index contributed by atoms with van der Waals surface area (Å²) in [6.07, 6.45) is 1.19. The van der Waals surface area contributed by atoms with Crippen LogP contribution in [0.15, 0.2) is 35.1 Å².